The van der Waals surface area contributed by atoms with Crippen LogP contribution in [0.15, 0.2) is 72.8 Å². The molecule has 0 bridgehead atoms. The molecule has 1 N–H and O–H groups in total. The molecular formula is C23H18ClFN4O2. The third kappa shape index (κ3) is 4.57. The number of methoxy groups -OCH3 is 1. The molecule has 1 heterocycles. The first-order valence-electron chi connectivity index (χ1n) is 9.44. The minimum absolute atomic E-state index is 0.250. The molecular weight excluding hydrogens is 419 g/mol. The molecule has 0 amide bonds. The van der Waals surface area contributed by atoms with Crippen molar-refractivity contribution < 1.29 is 13.9 Å². The summed E-state index contributed by atoms with van der Waals surface area (Å²) in [6.07, 6.45) is 0. The molecule has 4 rings (SSSR count). The maximum Gasteiger partial charge on any atom is 0.282 e. The second-order valence-electron chi connectivity index (χ2n) is 6.66. The van der Waals surface area contributed by atoms with Crippen molar-refractivity contribution >= 4 is 23.5 Å². The summed E-state index contributed by atoms with van der Waals surface area (Å²) in [5, 5.41) is 7.84. The summed E-state index contributed by atoms with van der Waals surface area (Å²) >= 11 is 6.21. The van der Waals surface area contributed by atoms with Crippen LogP contribution in [0.3, 0.4) is 0 Å². The first-order chi connectivity index (χ1) is 15.0. The van der Waals surface area contributed by atoms with Crippen molar-refractivity contribution in [2.45, 2.75) is 6.54 Å². The van der Waals surface area contributed by atoms with Crippen molar-refractivity contribution in [3.05, 3.63) is 94.8 Å². The predicted molar refractivity (Wildman–Crippen MR) is 117 cm³/mol. The molecule has 0 unspecified atom stereocenters. The molecule has 1 aromatic heterocycles. The summed E-state index contributed by atoms with van der Waals surface area (Å²) in [6, 6.07) is 20.0. The molecule has 0 aliphatic carbocycles. The number of benzene rings is 3. The first kappa shape index (κ1) is 20.6. The van der Waals surface area contributed by atoms with E-state index in [-0.39, 0.29) is 11.8 Å². The molecule has 3 aromatic carbocycles. The summed E-state index contributed by atoms with van der Waals surface area (Å²) < 4.78 is 19.5. The molecule has 0 fully saturated rings. The highest BCUT2D eigenvalue weighted by Gasteiger charge is 2.20. The van der Waals surface area contributed by atoms with E-state index in [1.165, 1.54) is 16.8 Å². The van der Waals surface area contributed by atoms with Gasteiger partial charge in [0.25, 0.3) is 5.91 Å². The molecule has 0 atom stereocenters. The highest BCUT2D eigenvalue weighted by molar-refractivity contribution is 6.33. The number of anilines is 1. The summed E-state index contributed by atoms with van der Waals surface area (Å²) in [6.45, 7) is 0.330. The number of aromatic nitrogens is 3. The summed E-state index contributed by atoms with van der Waals surface area (Å²) in [5.74, 6) is 0.580. The van der Waals surface area contributed by atoms with E-state index < -0.39 is 5.91 Å². The van der Waals surface area contributed by atoms with Gasteiger partial charge in [-0.2, -0.15) is 9.67 Å². The Kier molecular flexibility index (Phi) is 5.95. The lowest BCUT2D eigenvalue weighted by Gasteiger charge is -2.08. The minimum atomic E-state index is -0.417. The van der Waals surface area contributed by atoms with Gasteiger partial charge in [-0.15, -0.1) is 5.10 Å². The number of rotatable bonds is 6. The largest absolute Gasteiger partial charge is 0.497 e. The topological polar surface area (TPSA) is 69.0 Å². The molecule has 4 aromatic rings. The zero-order chi connectivity index (χ0) is 21.8. The van der Waals surface area contributed by atoms with Crippen molar-refractivity contribution in [3.63, 3.8) is 0 Å². The van der Waals surface area contributed by atoms with Crippen LogP contribution >= 0.6 is 11.6 Å². The van der Waals surface area contributed by atoms with Gasteiger partial charge in [-0.25, -0.2) is 4.39 Å². The normalized spacial score (nSPS) is 10.7. The van der Waals surface area contributed by atoms with Crippen LogP contribution < -0.4 is 10.1 Å². The van der Waals surface area contributed by atoms with Crippen LogP contribution in [0.5, 0.6) is 5.75 Å². The van der Waals surface area contributed by atoms with E-state index >= 15 is 0 Å². The van der Waals surface area contributed by atoms with Crippen LogP contribution in [-0.4, -0.2) is 27.8 Å². The molecule has 0 aliphatic heterocycles. The van der Waals surface area contributed by atoms with E-state index in [1.807, 2.05) is 12.1 Å². The highest BCUT2D eigenvalue weighted by atomic mass is 35.5. The van der Waals surface area contributed by atoms with E-state index in [4.69, 9.17) is 16.3 Å². The molecule has 0 saturated heterocycles. The number of ether oxygens (including phenoxy) is 1. The second-order valence-corrected chi connectivity index (χ2v) is 7.07. The second kappa shape index (κ2) is 8.97. The maximum absolute atomic E-state index is 13.2. The fourth-order valence-electron chi connectivity index (χ4n) is 2.96. The summed E-state index contributed by atoms with van der Waals surface area (Å²) in [5.41, 5.74) is 1.85. The molecule has 31 heavy (non-hydrogen) atoms. The third-order valence-electron chi connectivity index (χ3n) is 4.62. The van der Waals surface area contributed by atoms with Crippen LogP contribution in [-0.2, 0) is 6.54 Å². The molecule has 0 aliphatic rings. The molecule has 8 heteroatoms. The quantitative estimate of drug-likeness (QED) is 0.458. The van der Waals surface area contributed by atoms with Gasteiger partial charge in [0.05, 0.1) is 17.7 Å². The smallest absolute Gasteiger partial charge is 0.282 e. The van der Waals surface area contributed by atoms with Gasteiger partial charge in [-0.3, -0.25) is 4.79 Å². The van der Waals surface area contributed by atoms with Gasteiger partial charge in [0.1, 0.15) is 11.6 Å². The number of hydrogen-bond donors (Lipinski definition) is 1. The fourth-order valence-corrected chi connectivity index (χ4v) is 3.18. The van der Waals surface area contributed by atoms with Crippen molar-refractivity contribution in [3.8, 4) is 17.1 Å². The predicted octanol–water partition coefficient (Wildman–Crippen LogP) is 5.05. The highest BCUT2D eigenvalue weighted by Crippen LogP contribution is 2.23. The Hall–Kier alpha value is -3.71. The third-order valence-corrected chi connectivity index (χ3v) is 4.95. The van der Waals surface area contributed by atoms with Crippen molar-refractivity contribution in [2.75, 3.05) is 12.4 Å². The Labute approximate surface area is 183 Å². The van der Waals surface area contributed by atoms with E-state index in [2.05, 4.69) is 15.4 Å². The van der Waals surface area contributed by atoms with Crippen LogP contribution in [0, 0.1) is 5.82 Å². The first-order valence-corrected chi connectivity index (χ1v) is 9.82. The number of carbonyl (C=O) groups is 1. The summed E-state index contributed by atoms with van der Waals surface area (Å²) in [7, 11) is 1.59. The lowest BCUT2D eigenvalue weighted by molar-refractivity contribution is 0.0947. The van der Waals surface area contributed by atoms with E-state index in [0.717, 1.165) is 11.1 Å². The number of halogens is 2. The molecule has 0 radical (unpaired) electrons. The van der Waals surface area contributed by atoms with Gasteiger partial charge >= 0.3 is 0 Å². The lowest BCUT2D eigenvalue weighted by Crippen LogP contribution is -2.18. The van der Waals surface area contributed by atoms with E-state index in [0.29, 0.717) is 28.7 Å². The number of hydrogen-bond acceptors (Lipinski definition) is 5. The Morgan fingerprint density at radius 1 is 1.06 bits per heavy atom. The van der Waals surface area contributed by atoms with Gasteiger partial charge < -0.3 is 10.1 Å². The standard InChI is InChI=1S/C23H18ClFN4O2/c1-31-18-12-8-16(9-13-18)21-27-23(26-14-15-6-10-17(25)11-7-15)29(28-21)22(30)19-4-2-3-5-20(19)24/h2-13H,14H2,1H3,(H,26,27,28). The van der Waals surface area contributed by atoms with Gasteiger partial charge in [0.2, 0.25) is 5.95 Å². The minimum Gasteiger partial charge on any atom is -0.497 e. The zero-order valence-corrected chi connectivity index (χ0v) is 17.3. The lowest BCUT2D eigenvalue weighted by atomic mass is 10.2. The molecule has 156 valence electrons. The Morgan fingerprint density at radius 2 is 1.77 bits per heavy atom. The van der Waals surface area contributed by atoms with Crippen molar-refractivity contribution in [1.29, 1.82) is 0 Å². The Morgan fingerprint density at radius 3 is 2.45 bits per heavy atom. The zero-order valence-electron chi connectivity index (χ0n) is 16.5. The number of carbonyl (C=O) groups excluding carboxylic acids is 1. The fraction of sp³-hybridized carbons (Fsp3) is 0.0870. The monoisotopic (exact) mass is 436 g/mol. The van der Waals surface area contributed by atoms with Crippen LogP contribution in [0.4, 0.5) is 10.3 Å². The Bertz CT molecular complexity index is 1210. The van der Waals surface area contributed by atoms with E-state index in [9.17, 15) is 9.18 Å². The van der Waals surface area contributed by atoms with Crippen molar-refractivity contribution in [2.24, 2.45) is 0 Å². The molecule has 6 nitrogen and oxygen atoms in total. The van der Waals surface area contributed by atoms with Gasteiger partial charge in [-0.1, -0.05) is 35.9 Å². The average Bonchev–Trinajstić information content (AvgIpc) is 3.23. The van der Waals surface area contributed by atoms with Crippen LogP contribution in [0.2, 0.25) is 5.02 Å². The van der Waals surface area contributed by atoms with Gasteiger partial charge in [0.15, 0.2) is 5.82 Å². The Balaban J connectivity index is 1.69. The van der Waals surface area contributed by atoms with E-state index in [1.54, 1.807) is 55.6 Å². The van der Waals surface area contributed by atoms with Crippen LogP contribution in [0.1, 0.15) is 15.9 Å². The average molecular weight is 437 g/mol. The molecule has 0 saturated carbocycles. The number of nitrogens with zero attached hydrogens (tertiary/aromatic N) is 3. The van der Waals surface area contributed by atoms with Gasteiger partial charge in [0, 0.05) is 12.1 Å². The van der Waals surface area contributed by atoms with Crippen LogP contribution in [0.25, 0.3) is 11.4 Å². The SMILES string of the molecule is COc1ccc(-c2nc(NCc3ccc(F)cc3)n(C(=O)c3ccccc3Cl)n2)cc1. The molecule has 0 spiro atoms. The van der Waals surface area contributed by atoms with Gasteiger partial charge in [-0.05, 0) is 54.1 Å². The summed E-state index contributed by atoms with van der Waals surface area (Å²) in [4.78, 5) is 17.7. The van der Waals surface area contributed by atoms with Crippen molar-refractivity contribution in [1.82, 2.24) is 14.8 Å². The number of nitrogens with one attached hydrogen (secondary N) is 1. The maximum atomic E-state index is 13.2.